The summed E-state index contributed by atoms with van der Waals surface area (Å²) >= 11 is 1.29. The van der Waals surface area contributed by atoms with Gasteiger partial charge in [-0.05, 0) is 11.4 Å². The minimum absolute atomic E-state index is 0.0943. The highest BCUT2D eigenvalue weighted by atomic mass is 32.1. The largest absolute Gasteiger partial charge is 0.368 e. The van der Waals surface area contributed by atoms with E-state index in [0.29, 0.717) is 11.4 Å². The van der Waals surface area contributed by atoms with Crippen LogP contribution in [0, 0.1) is 0 Å². The smallest absolute Gasteiger partial charge is 0.264 e. The van der Waals surface area contributed by atoms with Gasteiger partial charge in [0, 0.05) is 20.0 Å². The zero-order valence-electron chi connectivity index (χ0n) is 12.7. The van der Waals surface area contributed by atoms with Crippen molar-refractivity contribution in [2.45, 2.75) is 13.0 Å². The lowest BCUT2D eigenvalue weighted by Crippen LogP contribution is -2.61. The summed E-state index contributed by atoms with van der Waals surface area (Å²) in [6.45, 7) is 1.82. The Hall–Kier alpha value is -2.42. The maximum atomic E-state index is 12.6. The molecule has 9 heteroatoms. The summed E-state index contributed by atoms with van der Waals surface area (Å²) in [5.41, 5.74) is 5.02. The SMILES string of the molecule is CC(=O)N1CCN(C(=O)c2cccs2)[C@H](C(=O)NCC(N)=O)C1. The lowest BCUT2D eigenvalue weighted by Gasteiger charge is -2.40. The fourth-order valence-corrected chi connectivity index (χ4v) is 3.05. The first-order valence-corrected chi connectivity index (χ1v) is 7.94. The Bertz CT molecular complexity index is 616. The monoisotopic (exact) mass is 338 g/mol. The fraction of sp³-hybridized carbons (Fsp3) is 0.429. The number of carbonyl (C=O) groups excluding carboxylic acids is 4. The third-order valence-corrected chi connectivity index (χ3v) is 4.42. The van der Waals surface area contributed by atoms with Crippen molar-refractivity contribution in [3.63, 3.8) is 0 Å². The van der Waals surface area contributed by atoms with Crippen LogP contribution in [0.25, 0.3) is 0 Å². The standard InChI is InChI=1S/C14H18N4O4S/c1-9(19)17-4-5-18(14(22)11-3-2-6-23-11)10(8-17)13(21)16-7-12(15)20/h2-3,6,10H,4-5,7-8H2,1H3,(H2,15,20)(H,16,21)/t10-/m0/s1. The van der Waals surface area contributed by atoms with Gasteiger partial charge in [0.25, 0.3) is 5.91 Å². The number of thiophene rings is 1. The summed E-state index contributed by atoms with van der Waals surface area (Å²) in [5.74, 6) is -1.60. The van der Waals surface area contributed by atoms with Crippen molar-refractivity contribution in [3.05, 3.63) is 22.4 Å². The summed E-state index contributed by atoms with van der Waals surface area (Å²) in [6.07, 6.45) is 0. The van der Waals surface area contributed by atoms with Crippen LogP contribution in [0.5, 0.6) is 0 Å². The predicted molar refractivity (Wildman–Crippen MR) is 83.6 cm³/mol. The first-order chi connectivity index (χ1) is 10.9. The van der Waals surface area contributed by atoms with Gasteiger partial charge in [-0.25, -0.2) is 0 Å². The van der Waals surface area contributed by atoms with Gasteiger partial charge in [-0.2, -0.15) is 0 Å². The zero-order valence-corrected chi connectivity index (χ0v) is 13.5. The maximum Gasteiger partial charge on any atom is 0.264 e. The normalized spacial score (nSPS) is 17.7. The second-order valence-electron chi connectivity index (χ2n) is 5.14. The van der Waals surface area contributed by atoms with Crippen molar-refractivity contribution < 1.29 is 19.2 Å². The van der Waals surface area contributed by atoms with Crippen LogP contribution in [0.2, 0.25) is 0 Å². The molecule has 4 amide bonds. The number of nitrogens with one attached hydrogen (secondary N) is 1. The van der Waals surface area contributed by atoms with Gasteiger partial charge in [0.15, 0.2) is 0 Å². The summed E-state index contributed by atoms with van der Waals surface area (Å²) in [7, 11) is 0. The quantitative estimate of drug-likeness (QED) is 0.735. The van der Waals surface area contributed by atoms with Gasteiger partial charge < -0.3 is 20.9 Å². The molecule has 1 aromatic rings. The van der Waals surface area contributed by atoms with Crippen LogP contribution in [0.3, 0.4) is 0 Å². The average Bonchev–Trinajstić information content (AvgIpc) is 3.05. The van der Waals surface area contributed by atoms with Gasteiger partial charge >= 0.3 is 0 Å². The fourth-order valence-electron chi connectivity index (χ4n) is 2.37. The average molecular weight is 338 g/mol. The third-order valence-electron chi connectivity index (χ3n) is 3.56. The molecule has 1 atom stereocenters. The Labute approximate surface area is 137 Å². The van der Waals surface area contributed by atoms with Crippen molar-refractivity contribution in [3.8, 4) is 0 Å². The van der Waals surface area contributed by atoms with Gasteiger partial charge in [-0.15, -0.1) is 11.3 Å². The lowest BCUT2D eigenvalue weighted by atomic mass is 10.1. The molecule has 0 saturated carbocycles. The first-order valence-electron chi connectivity index (χ1n) is 7.06. The Kier molecular flexibility index (Phi) is 5.32. The van der Waals surface area contributed by atoms with Crippen LogP contribution in [0.15, 0.2) is 17.5 Å². The topological polar surface area (TPSA) is 113 Å². The molecule has 3 N–H and O–H groups in total. The molecule has 1 saturated heterocycles. The van der Waals surface area contributed by atoms with E-state index in [1.807, 2.05) is 0 Å². The van der Waals surface area contributed by atoms with Crippen LogP contribution in [0.1, 0.15) is 16.6 Å². The Morgan fingerprint density at radius 3 is 2.65 bits per heavy atom. The van der Waals surface area contributed by atoms with Crippen LogP contribution < -0.4 is 11.1 Å². The van der Waals surface area contributed by atoms with Crippen molar-refractivity contribution >= 4 is 35.0 Å². The molecule has 1 aromatic heterocycles. The lowest BCUT2D eigenvalue weighted by molar-refractivity contribution is -0.136. The van der Waals surface area contributed by atoms with Gasteiger partial charge in [-0.3, -0.25) is 19.2 Å². The molecule has 0 aromatic carbocycles. The van der Waals surface area contributed by atoms with E-state index in [0.717, 1.165) is 0 Å². The highest BCUT2D eigenvalue weighted by Crippen LogP contribution is 2.18. The summed E-state index contributed by atoms with van der Waals surface area (Å²) in [6, 6.07) is 2.59. The molecule has 0 bridgehead atoms. The second kappa shape index (κ2) is 7.23. The molecule has 2 rings (SSSR count). The molecule has 0 radical (unpaired) electrons. The molecule has 1 aliphatic rings. The number of hydrogen-bond acceptors (Lipinski definition) is 5. The van der Waals surface area contributed by atoms with E-state index in [1.165, 1.54) is 28.1 Å². The first kappa shape index (κ1) is 16.9. The molecule has 0 aliphatic carbocycles. The Morgan fingerprint density at radius 2 is 2.09 bits per heavy atom. The number of rotatable bonds is 4. The molecular weight excluding hydrogens is 320 g/mol. The van der Waals surface area contributed by atoms with Crippen LogP contribution in [-0.2, 0) is 14.4 Å². The number of nitrogens with zero attached hydrogens (tertiary/aromatic N) is 2. The van der Waals surface area contributed by atoms with Crippen LogP contribution in [0.4, 0.5) is 0 Å². The number of nitrogens with two attached hydrogens (primary N) is 1. The Morgan fingerprint density at radius 1 is 1.35 bits per heavy atom. The second-order valence-corrected chi connectivity index (χ2v) is 6.09. The maximum absolute atomic E-state index is 12.6. The molecular formula is C14H18N4O4S. The van der Waals surface area contributed by atoms with E-state index >= 15 is 0 Å². The highest BCUT2D eigenvalue weighted by Gasteiger charge is 2.36. The number of amides is 4. The molecule has 23 heavy (non-hydrogen) atoms. The van der Waals surface area contributed by atoms with Crippen LogP contribution >= 0.6 is 11.3 Å². The van der Waals surface area contributed by atoms with E-state index in [-0.39, 0.29) is 31.4 Å². The van der Waals surface area contributed by atoms with Crippen molar-refractivity contribution in [2.75, 3.05) is 26.2 Å². The minimum Gasteiger partial charge on any atom is -0.368 e. The van der Waals surface area contributed by atoms with Gasteiger partial charge in [0.2, 0.25) is 17.7 Å². The van der Waals surface area contributed by atoms with Crippen LogP contribution in [-0.4, -0.2) is 65.6 Å². The molecule has 124 valence electrons. The molecule has 2 heterocycles. The minimum atomic E-state index is -0.846. The van der Waals surface area contributed by atoms with E-state index < -0.39 is 17.9 Å². The summed E-state index contributed by atoms with van der Waals surface area (Å²) < 4.78 is 0. The third kappa shape index (κ3) is 4.07. The highest BCUT2D eigenvalue weighted by molar-refractivity contribution is 7.12. The predicted octanol–water partition coefficient (Wildman–Crippen LogP) is -0.977. The zero-order chi connectivity index (χ0) is 17.0. The molecule has 0 unspecified atom stereocenters. The number of hydrogen-bond donors (Lipinski definition) is 2. The molecule has 0 spiro atoms. The number of carbonyl (C=O) groups is 4. The van der Waals surface area contributed by atoms with Gasteiger partial charge in [0.05, 0.1) is 18.0 Å². The van der Waals surface area contributed by atoms with Gasteiger partial charge in [0.1, 0.15) is 6.04 Å². The number of piperazine rings is 1. The molecule has 1 fully saturated rings. The molecule has 1 aliphatic heterocycles. The van der Waals surface area contributed by atoms with Crippen molar-refractivity contribution in [2.24, 2.45) is 5.73 Å². The van der Waals surface area contributed by atoms with E-state index in [4.69, 9.17) is 5.73 Å². The number of primary amides is 1. The van der Waals surface area contributed by atoms with Gasteiger partial charge in [-0.1, -0.05) is 6.07 Å². The van der Waals surface area contributed by atoms with E-state index in [1.54, 1.807) is 17.5 Å². The summed E-state index contributed by atoms with van der Waals surface area (Å²) in [5, 5.41) is 4.18. The Balaban J connectivity index is 2.17. The van der Waals surface area contributed by atoms with Crippen molar-refractivity contribution in [1.82, 2.24) is 15.1 Å². The summed E-state index contributed by atoms with van der Waals surface area (Å²) in [4.78, 5) is 50.7. The van der Waals surface area contributed by atoms with E-state index in [2.05, 4.69) is 5.32 Å². The molecule has 8 nitrogen and oxygen atoms in total. The van der Waals surface area contributed by atoms with E-state index in [9.17, 15) is 19.2 Å². The van der Waals surface area contributed by atoms with Crippen molar-refractivity contribution in [1.29, 1.82) is 0 Å².